The summed E-state index contributed by atoms with van der Waals surface area (Å²) in [6.45, 7) is 9.09. The second-order valence-corrected chi connectivity index (χ2v) is 2.63. The zero-order chi connectivity index (χ0) is 12.8. The lowest BCUT2D eigenvalue weighted by atomic mass is 10.2. The van der Waals surface area contributed by atoms with Gasteiger partial charge in [-0.2, -0.15) is 13.2 Å². The summed E-state index contributed by atoms with van der Waals surface area (Å²) in [4.78, 5) is 0. The molecule has 16 heavy (non-hydrogen) atoms. The molecule has 0 aliphatic rings. The van der Waals surface area contributed by atoms with Crippen LogP contribution < -0.4 is 0 Å². The second-order valence-electron chi connectivity index (χ2n) is 2.63. The molecule has 0 atom stereocenters. The maximum Gasteiger partial charge on any atom is 0.449 e. The Morgan fingerprint density at radius 3 is 2.25 bits per heavy atom. The Balaban J connectivity index is 0.00000106. The molecule has 0 bridgehead atoms. The summed E-state index contributed by atoms with van der Waals surface area (Å²) in [6, 6.07) is 0.955. The van der Waals surface area contributed by atoms with Gasteiger partial charge in [0.05, 0.1) is 0 Å². The van der Waals surface area contributed by atoms with Crippen LogP contribution in [0.2, 0.25) is 0 Å². The number of furan rings is 1. The van der Waals surface area contributed by atoms with Crippen LogP contribution in [0, 0.1) is 0 Å². The minimum absolute atomic E-state index is 0.135. The summed E-state index contributed by atoms with van der Waals surface area (Å²) in [5, 5.41) is 0. The van der Waals surface area contributed by atoms with E-state index in [1.165, 1.54) is 12.2 Å². The van der Waals surface area contributed by atoms with Gasteiger partial charge in [0.2, 0.25) is 5.76 Å². The third-order valence-electron chi connectivity index (χ3n) is 1.60. The van der Waals surface area contributed by atoms with Crippen LogP contribution in [0.15, 0.2) is 23.1 Å². The zero-order valence-corrected chi connectivity index (χ0v) is 9.56. The molecule has 0 amide bonds. The SMILES string of the molecule is C=Cc1oc(C(F)(F)F)cc1/C=C\C.CC. The maximum atomic E-state index is 12.2. The van der Waals surface area contributed by atoms with Gasteiger partial charge in [-0.3, -0.25) is 0 Å². The van der Waals surface area contributed by atoms with Gasteiger partial charge < -0.3 is 4.42 Å². The van der Waals surface area contributed by atoms with Gasteiger partial charge in [-0.15, -0.1) is 0 Å². The molecule has 0 fully saturated rings. The highest BCUT2D eigenvalue weighted by Crippen LogP contribution is 2.33. The van der Waals surface area contributed by atoms with E-state index in [-0.39, 0.29) is 5.76 Å². The molecule has 1 aromatic heterocycles. The molecule has 1 nitrogen and oxygen atoms in total. The van der Waals surface area contributed by atoms with Gasteiger partial charge in [0, 0.05) is 5.56 Å². The van der Waals surface area contributed by atoms with Gasteiger partial charge in [0.15, 0.2) is 0 Å². The first-order valence-corrected chi connectivity index (χ1v) is 4.95. The third-order valence-corrected chi connectivity index (χ3v) is 1.60. The summed E-state index contributed by atoms with van der Waals surface area (Å²) >= 11 is 0. The van der Waals surface area contributed by atoms with Crippen LogP contribution in [0.5, 0.6) is 0 Å². The molecule has 0 saturated heterocycles. The first kappa shape index (κ1) is 14.6. The Labute approximate surface area is 93.3 Å². The third kappa shape index (κ3) is 3.61. The van der Waals surface area contributed by atoms with Crippen LogP contribution in [0.4, 0.5) is 13.2 Å². The summed E-state index contributed by atoms with van der Waals surface area (Å²) in [6.07, 6.45) is -0.0179. The fourth-order valence-electron chi connectivity index (χ4n) is 1.03. The number of hydrogen-bond donors (Lipinski definition) is 0. The van der Waals surface area contributed by atoms with E-state index in [0.29, 0.717) is 5.56 Å². The predicted molar refractivity (Wildman–Crippen MR) is 59.9 cm³/mol. The lowest BCUT2D eigenvalue weighted by Crippen LogP contribution is -2.02. The van der Waals surface area contributed by atoms with Crippen molar-refractivity contribution in [3.8, 4) is 0 Å². The first-order valence-electron chi connectivity index (χ1n) is 4.95. The maximum absolute atomic E-state index is 12.2. The van der Waals surface area contributed by atoms with Crippen LogP contribution in [-0.4, -0.2) is 0 Å². The Morgan fingerprint density at radius 1 is 1.31 bits per heavy atom. The average molecular weight is 232 g/mol. The molecule has 0 radical (unpaired) electrons. The van der Waals surface area contributed by atoms with E-state index >= 15 is 0 Å². The highest BCUT2D eigenvalue weighted by Gasteiger charge is 2.35. The van der Waals surface area contributed by atoms with Gasteiger partial charge in [-0.1, -0.05) is 32.6 Å². The summed E-state index contributed by atoms with van der Waals surface area (Å²) in [5.41, 5.74) is 0.384. The zero-order valence-electron chi connectivity index (χ0n) is 9.56. The van der Waals surface area contributed by atoms with Crippen molar-refractivity contribution in [2.75, 3.05) is 0 Å². The van der Waals surface area contributed by atoms with Crippen molar-refractivity contribution < 1.29 is 17.6 Å². The number of halogens is 3. The predicted octanol–water partition coefficient (Wildman–Crippen LogP) is 5.00. The number of allylic oxidation sites excluding steroid dienone is 1. The van der Waals surface area contributed by atoms with Crippen molar-refractivity contribution in [2.24, 2.45) is 0 Å². The van der Waals surface area contributed by atoms with E-state index in [1.54, 1.807) is 13.0 Å². The minimum atomic E-state index is -4.45. The van der Waals surface area contributed by atoms with E-state index in [2.05, 4.69) is 11.0 Å². The molecule has 0 unspecified atom stereocenters. The van der Waals surface area contributed by atoms with E-state index < -0.39 is 11.9 Å². The summed E-state index contributed by atoms with van der Waals surface area (Å²) in [5.74, 6) is -0.865. The summed E-state index contributed by atoms with van der Waals surface area (Å²) < 4.78 is 41.2. The molecule has 0 aliphatic carbocycles. The van der Waals surface area contributed by atoms with Gasteiger partial charge in [-0.25, -0.2) is 0 Å². The number of alkyl halides is 3. The lowest BCUT2D eigenvalue weighted by molar-refractivity contribution is -0.153. The molecular weight excluding hydrogens is 217 g/mol. The topological polar surface area (TPSA) is 13.1 Å². The Kier molecular flexibility index (Phi) is 5.64. The van der Waals surface area contributed by atoms with E-state index in [1.807, 2.05) is 13.8 Å². The van der Waals surface area contributed by atoms with Crippen LogP contribution in [-0.2, 0) is 6.18 Å². The number of hydrogen-bond acceptors (Lipinski definition) is 1. The van der Waals surface area contributed by atoms with Crippen LogP contribution in [0.25, 0.3) is 12.2 Å². The molecule has 1 rings (SSSR count). The molecule has 0 N–H and O–H groups in total. The Hall–Kier alpha value is -1.45. The van der Waals surface area contributed by atoms with Gasteiger partial charge >= 0.3 is 6.18 Å². The molecule has 0 aliphatic heterocycles. The first-order chi connectivity index (χ1) is 7.49. The van der Waals surface area contributed by atoms with E-state index in [4.69, 9.17) is 0 Å². The Morgan fingerprint density at radius 2 is 1.88 bits per heavy atom. The van der Waals surface area contributed by atoms with Crippen molar-refractivity contribution in [1.82, 2.24) is 0 Å². The van der Waals surface area contributed by atoms with Crippen LogP contribution >= 0.6 is 0 Å². The normalized spacial score (nSPS) is 11.1. The second kappa shape index (κ2) is 6.20. The molecule has 1 aromatic rings. The summed E-state index contributed by atoms with van der Waals surface area (Å²) in [7, 11) is 0. The Bertz CT molecular complexity index is 359. The molecular formula is C12H15F3O. The van der Waals surface area contributed by atoms with Crippen molar-refractivity contribution >= 4 is 12.2 Å². The van der Waals surface area contributed by atoms with Crippen molar-refractivity contribution in [1.29, 1.82) is 0 Å². The van der Waals surface area contributed by atoms with Crippen LogP contribution in [0.3, 0.4) is 0 Å². The monoisotopic (exact) mass is 232 g/mol. The highest BCUT2D eigenvalue weighted by molar-refractivity contribution is 5.61. The quantitative estimate of drug-likeness (QED) is 0.699. The molecule has 0 aromatic carbocycles. The van der Waals surface area contributed by atoms with E-state index in [9.17, 15) is 13.2 Å². The molecule has 0 saturated carbocycles. The standard InChI is InChI=1S/C10H9F3O.C2H6/c1-3-5-7-6-9(10(11,12)13)14-8(7)4-2;1-2/h3-6H,2H2,1H3;1-2H3/b5-3-;. The molecule has 90 valence electrons. The average Bonchev–Trinajstić information content (AvgIpc) is 2.64. The number of rotatable bonds is 2. The minimum Gasteiger partial charge on any atom is -0.452 e. The fourth-order valence-corrected chi connectivity index (χ4v) is 1.03. The molecule has 1 heterocycles. The largest absolute Gasteiger partial charge is 0.452 e. The fraction of sp³-hybridized carbons (Fsp3) is 0.333. The smallest absolute Gasteiger partial charge is 0.449 e. The van der Waals surface area contributed by atoms with Gasteiger partial charge in [0.25, 0.3) is 0 Å². The van der Waals surface area contributed by atoms with Crippen molar-refractivity contribution in [3.63, 3.8) is 0 Å². The van der Waals surface area contributed by atoms with Crippen molar-refractivity contribution in [2.45, 2.75) is 26.9 Å². The molecule has 4 heteroatoms. The van der Waals surface area contributed by atoms with Gasteiger partial charge in [-0.05, 0) is 19.1 Å². The molecule has 0 spiro atoms. The van der Waals surface area contributed by atoms with E-state index in [0.717, 1.165) is 6.07 Å². The highest BCUT2D eigenvalue weighted by atomic mass is 19.4. The van der Waals surface area contributed by atoms with Crippen LogP contribution in [0.1, 0.15) is 37.9 Å². The van der Waals surface area contributed by atoms with Crippen molar-refractivity contribution in [3.05, 3.63) is 35.8 Å². The lowest BCUT2D eigenvalue weighted by Gasteiger charge is -1.99. The van der Waals surface area contributed by atoms with Gasteiger partial charge in [0.1, 0.15) is 5.76 Å².